The number of fused-ring (bicyclic) bond motifs is 3. The van der Waals surface area contributed by atoms with E-state index in [1.807, 2.05) is 0 Å². The fourth-order valence-corrected chi connectivity index (χ4v) is 4.99. The molecular weight excluding hydrogens is 439 g/mol. The molecule has 0 bridgehead atoms. The number of benzene rings is 1. The number of ether oxygens (including phenoxy) is 1. The van der Waals surface area contributed by atoms with Gasteiger partial charge in [0, 0.05) is 4.88 Å². The molecule has 1 aliphatic rings. The van der Waals surface area contributed by atoms with Crippen molar-refractivity contribution < 1.29 is 22.7 Å². The standard InChI is InChI=1S/C20H17ClF3N3O2S/c21-13-7-4-6-12(20(22,23)24)17(13)27-15(28)9-29-18-16-11-5-2-1-3-8-14(11)30-19(16)26-10-25-18/h4,6-7,10H,1-3,5,8-9H2,(H,27,28). The van der Waals surface area contributed by atoms with Crippen LogP contribution in [0.5, 0.6) is 5.88 Å². The van der Waals surface area contributed by atoms with Crippen molar-refractivity contribution in [1.82, 2.24) is 9.97 Å². The van der Waals surface area contributed by atoms with Crippen LogP contribution in [0.15, 0.2) is 24.5 Å². The van der Waals surface area contributed by atoms with Crippen LogP contribution in [0.4, 0.5) is 18.9 Å². The average molecular weight is 456 g/mol. The molecule has 1 aliphatic carbocycles. The number of thiophene rings is 1. The van der Waals surface area contributed by atoms with Gasteiger partial charge in [-0.15, -0.1) is 11.3 Å². The van der Waals surface area contributed by atoms with E-state index in [-0.39, 0.29) is 10.9 Å². The monoisotopic (exact) mass is 455 g/mol. The average Bonchev–Trinajstić information content (AvgIpc) is 2.89. The summed E-state index contributed by atoms with van der Waals surface area (Å²) >= 11 is 7.48. The molecular formula is C20H17ClF3N3O2S. The molecule has 3 aromatic rings. The van der Waals surface area contributed by atoms with E-state index in [0.29, 0.717) is 0 Å². The molecule has 0 saturated carbocycles. The highest BCUT2D eigenvalue weighted by Gasteiger charge is 2.34. The maximum absolute atomic E-state index is 13.2. The Bertz CT molecular complexity index is 1100. The SMILES string of the molecule is O=C(COc1ncnc2sc3c(c12)CCCCC3)Nc1c(Cl)cccc1C(F)(F)F. The number of aryl methyl sites for hydroxylation is 2. The normalized spacial score (nSPS) is 14.3. The summed E-state index contributed by atoms with van der Waals surface area (Å²) in [6.07, 6.45) is 1.89. The molecule has 1 amide bonds. The van der Waals surface area contributed by atoms with Gasteiger partial charge in [-0.1, -0.05) is 24.1 Å². The maximum Gasteiger partial charge on any atom is 0.418 e. The molecule has 1 aromatic carbocycles. The lowest BCUT2D eigenvalue weighted by molar-refractivity contribution is -0.137. The molecule has 2 heterocycles. The predicted octanol–water partition coefficient (Wildman–Crippen LogP) is 5.65. The number of hydrogen-bond donors (Lipinski definition) is 1. The van der Waals surface area contributed by atoms with Crippen LogP contribution in [0.25, 0.3) is 10.2 Å². The van der Waals surface area contributed by atoms with Crippen LogP contribution in [0.1, 0.15) is 35.3 Å². The Labute approximate surface area is 179 Å². The van der Waals surface area contributed by atoms with Crippen molar-refractivity contribution >= 4 is 44.7 Å². The number of nitrogens with one attached hydrogen (secondary N) is 1. The highest BCUT2D eigenvalue weighted by Crippen LogP contribution is 2.39. The fourth-order valence-electron chi connectivity index (χ4n) is 3.54. The molecule has 0 spiro atoms. The van der Waals surface area contributed by atoms with Crippen molar-refractivity contribution in [1.29, 1.82) is 0 Å². The summed E-state index contributed by atoms with van der Waals surface area (Å²) in [6, 6.07) is 3.32. The Morgan fingerprint density at radius 1 is 1.20 bits per heavy atom. The first kappa shape index (κ1) is 20.9. The van der Waals surface area contributed by atoms with Gasteiger partial charge in [0.05, 0.1) is 21.7 Å². The van der Waals surface area contributed by atoms with E-state index in [9.17, 15) is 18.0 Å². The lowest BCUT2D eigenvalue weighted by Crippen LogP contribution is -2.23. The van der Waals surface area contributed by atoms with Crippen molar-refractivity contribution in [2.75, 3.05) is 11.9 Å². The second-order valence-corrected chi connectivity index (χ2v) is 8.41. The Morgan fingerprint density at radius 2 is 2.00 bits per heavy atom. The van der Waals surface area contributed by atoms with Gasteiger partial charge in [0.2, 0.25) is 5.88 Å². The minimum absolute atomic E-state index is 0.203. The van der Waals surface area contributed by atoms with Gasteiger partial charge in [0.25, 0.3) is 5.91 Å². The van der Waals surface area contributed by atoms with E-state index in [1.54, 1.807) is 11.3 Å². The highest BCUT2D eigenvalue weighted by molar-refractivity contribution is 7.18. The Balaban J connectivity index is 1.55. The highest BCUT2D eigenvalue weighted by atomic mass is 35.5. The van der Waals surface area contributed by atoms with Gasteiger partial charge in [-0.3, -0.25) is 4.79 Å². The van der Waals surface area contributed by atoms with Crippen molar-refractivity contribution in [2.45, 2.75) is 38.3 Å². The summed E-state index contributed by atoms with van der Waals surface area (Å²) in [5.41, 5.74) is -0.359. The van der Waals surface area contributed by atoms with Gasteiger partial charge < -0.3 is 10.1 Å². The predicted molar refractivity (Wildman–Crippen MR) is 109 cm³/mol. The third-order valence-corrected chi connectivity index (χ3v) is 6.40. The van der Waals surface area contributed by atoms with E-state index >= 15 is 0 Å². The zero-order valence-corrected chi connectivity index (χ0v) is 17.3. The number of aromatic nitrogens is 2. The van der Waals surface area contributed by atoms with Gasteiger partial charge in [0.15, 0.2) is 6.61 Å². The molecule has 0 saturated heterocycles. The van der Waals surface area contributed by atoms with Crippen molar-refractivity contribution in [3.05, 3.63) is 45.6 Å². The second-order valence-electron chi connectivity index (χ2n) is 6.92. The number of carbonyl (C=O) groups excluding carboxylic acids is 1. The number of amides is 1. The van der Waals surface area contributed by atoms with Crippen molar-refractivity contribution in [2.24, 2.45) is 0 Å². The first-order chi connectivity index (χ1) is 14.3. The van der Waals surface area contributed by atoms with E-state index in [0.717, 1.165) is 54.0 Å². The molecule has 0 atom stereocenters. The molecule has 0 unspecified atom stereocenters. The summed E-state index contributed by atoms with van der Waals surface area (Å²) in [7, 11) is 0. The van der Waals surface area contributed by atoms with Gasteiger partial charge in [0.1, 0.15) is 11.2 Å². The minimum atomic E-state index is -4.65. The number of halogens is 4. The topological polar surface area (TPSA) is 64.1 Å². The lowest BCUT2D eigenvalue weighted by atomic mass is 10.1. The van der Waals surface area contributed by atoms with E-state index in [1.165, 1.54) is 23.3 Å². The van der Waals surface area contributed by atoms with Crippen LogP contribution in [-0.2, 0) is 23.8 Å². The number of alkyl halides is 3. The zero-order valence-electron chi connectivity index (χ0n) is 15.7. The smallest absolute Gasteiger partial charge is 0.418 e. The van der Waals surface area contributed by atoms with Crippen LogP contribution < -0.4 is 10.1 Å². The zero-order chi connectivity index (χ0) is 21.3. The molecule has 0 aliphatic heterocycles. The van der Waals surface area contributed by atoms with Crippen LogP contribution in [0, 0.1) is 0 Å². The summed E-state index contributed by atoms with van der Waals surface area (Å²) in [5, 5.41) is 2.80. The Morgan fingerprint density at radius 3 is 2.80 bits per heavy atom. The third kappa shape index (κ3) is 4.22. The molecule has 5 nitrogen and oxygen atoms in total. The quantitative estimate of drug-likeness (QED) is 0.516. The van der Waals surface area contributed by atoms with E-state index < -0.39 is 29.9 Å². The first-order valence-corrected chi connectivity index (χ1v) is 10.6. The maximum atomic E-state index is 13.2. The number of rotatable bonds is 4. The molecule has 0 fully saturated rings. The lowest BCUT2D eigenvalue weighted by Gasteiger charge is -2.15. The molecule has 1 N–H and O–H groups in total. The molecule has 4 rings (SSSR count). The summed E-state index contributed by atoms with van der Waals surface area (Å²) < 4.78 is 45.2. The number of carbonyl (C=O) groups is 1. The number of nitrogens with zero attached hydrogens (tertiary/aromatic N) is 2. The Kier molecular flexibility index (Phi) is 5.84. The molecule has 158 valence electrons. The van der Waals surface area contributed by atoms with E-state index in [2.05, 4.69) is 15.3 Å². The van der Waals surface area contributed by atoms with Gasteiger partial charge in [-0.25, -0.2) is 9.97 Å². The van der Waals surface area contributed by atoms with Crippen LogP contribution in [0.3, 0.4) is 0 Å². The summed E-state index contributed by atoms with van der Waals surface area (Å²) in [6.45, 7) is -0.501. The fraction of sp³-hybridized carbons (Fsp3) is 0.350. The number of hydrogen-bond acceptors (Lipinski definition) is 5. The summed E-state index contributed by atoms with van der Waals surface area (Å²) in [4.78, 5) is 22.8. The van der Waals surface area contributed by atoms with Crippen LogP contribution in [0.2, 0.25) is 5.02 Å². The van der Waals surface area contributed by atoms with Crippen molar-refractivity contribution in [3.8, 4) is 5.88 Å². The largest absolute Gasteiger partial charge is 0.467 e. The first-order valence-electron chi connectivity index (χ1n) is 9.38. The molecule has 2 aromatic heterocycles. The van der Waals surface area contributed by atoms with Gasteiger partial charge in [-0.2, -0.15) is 13.2 Å². The van der Waals surface area contributed by atoms with Crippen LogP contribution in [-0.4, -0.2) is 22.5 Å². The second kappa shape index (κ2) is 8.39. The Hall–Kier alpha value is -2.39. The number of para-hydroxylation sites is 1. The van der Waals surface area contributed by atoms with Crippen LogP contribution >= 0.6 is 22.9 Å². The number of anilines is 1. The third-order valence-electron chi connectivity index (χ3n) is 4.89. The molecule has 10 heteroatoms. The minimum Gasteiger partial charge on any atom is -0.467 e. The summed E-state index contributed by atoms with van der Waals surface area (Å²) in [5.74, 6) is -0.494. The molecule has 0 radical (unpaired) electrons. The van der Waals surface area contributed by atoms with Gasteiger partial charge in [-0.05, 0) is 43.4 Å². The van der Waals surface area contributed by atoms with Crippen molar-refractivity contribution in [3.63, 3.8) is 0 Å². The van der Waals surface area contributed by atoms with Gasteiger partial charge >= 0.3 is 6.18 Å². The van der Waals surface area contributed by atoms with E-state index in [4.69, 9.17) is 16.3 Å². The molecule has 30 heavy (non-hydrogen) atoms.